The summed E-state index contributed by atoms with van der Waals surface area (Å²) in [7, 11) is 1.57. The zero-order valence-electron chi connectivity index (χ0n) is 17.1. The van der Waals surface area contributed by atoms with Crippen LogP contribution >= 0.6 is 0 Å². The molecular weight excluding hydrogens is 392 g/mol. The molecule has 0 unspecified atom stereocenters. The summed E-state index contributed by atoms with van der Waals surface area (Å²) in [5.74, 6) is 0.195. The smallest absolute Gasteiger partial charge is 0.290 e. The van der Waals surface area contributed by atoms with Crippen LogP contribution < -0.4 is 10.1 Å². The van der Waals surface area contributed by atoms with E-state index in [0.717, 1.165) is 5.39 Å². The van der Waals surface area contributed by atoms with Crippen LogP contribution in [0.2, 0.25) is 0 Å². The van der Waals surface area contributed by atoms with Gasteiger partial charge in [-0.2, -0.15) is 0 Å². The Morgan fingerprint density at radius 2 is 1.55 bits per heavy atom. The second kappa shape index (κ2) is 9.17. The highest BCUT2D eigenvalue weighted by atomic mass is 16.5. The van der Waals surface area contributed by atoms with Crippen molar-refractivity contribution in [2.45, 2.75) is 6.61 Å². The van der Waals surface area contributed by atoms with E-state index >= 15 is 0 Å². The van der Waals surface area contributed by atoms with Crippen LogP contribution in [0.4, 0.5) is 5.69 Å². The average Bonchev–Trinajstić information content (AvgIpc) is 3.17. The van der Waals surface area contributed by atoms with E-state index in [9.17, 15) is 9.59 Å². The number of para-hydroxylation sites is 3. The molecule has 4 aromatic rings. The molecule has 0 radical (unpaired) electrons. The summed E-state index contributed by atoms with van der Waals surface area (Å²) >= 11 is 0. The molecule has 0 aliphatic rings. The lowest BCUT2D eigenvalue weighted by Crippen LogP contribution is -2.35. The van der Waals surface area contributed by atoms with E-state index in [2.05, 4.69) is 5.32 Å². The Morgan fingerprint density at radius 3 is 2.29 bits per heavy atom. The lowest BCUT2D eigenvalue weighted by atomic mass is 10.1. The Hall–Kier alpha value is -4.06. The van der Waals surface area contributed by atoms with Crippen molar-refractivity contribution in [2.24, 2.45) is 0 Å². The lowest BCUT2D eigenvalue weighted by Gasteiger charge is -2.16. The number of amides is 2. The predicted octanol–water partition coefficient (Wildman–Crippen LogP) is 4.72. The van der Waals surface area contributed by atoms with E-state index in [0.29, 0.717) is 22.6 Å². The minimum atomic E-state index is -0.383. The molecule has 0 atom stereocenters. The lowest BCUT2D eigenvalue weighted by molar-refractivity contribution is -0.116. The number of rotatable bonds is 7. The molecule has 0 bridgehead atoms. The molecule has 0 saturated carbocycles. The van der Waals surface area contributed by atoms with E-state index in [1.165, 1.54) is 4.90 Å². The van der Waals surface area contributed by atoms with Crippen molar-refractivity contribution < 1.29 is 18.7 Å². The first kappa shape index (κ1) is 20.2. The van der Waals surface area contributed by atoms with Crippen molar-refractivity contribution in [2.75, 3.05) is 18.9 Å². The molecule has 6 nitrogen and oxygen atoms in total. The number of nitrogens with one attached hydrogen (secondary N) is 1. The monoisotopic (exact) mass is 414 g/mol. The minimum Gasteiger partial charge on any atom is -0.489 e. The molecule has 0 spiro atoms. The van der Waals surface area contributed by atoms with Gasteiger partial charge in [0.2, 0.25) is 5.91 Å². The second-order valence-corrected chi connectivity index (χ2v) is 7.08. The molecule has 0 aliphatic carbocycles. The van der Waals surface area contributed by atoms with Gasteiger partial charge < -0.3 is 19.4 Å². The van der Waals surface area contributed by atoms with Crippen LogP contribution in [-0.4, -0.2) is 30.3 Å². The molecule has 6 heteroatoms. The van der Waals surface area contributed by atoms with Crippen LogP contribution in [0.1, 0.15) is 16.1 Å². The van der Waals surface area contributed by atoms with Crippen molar-refractivity contribution in [3.8, 4) is 5.75 Å². The number of carbonyl (C=O) groups is 2. The van der Waals surface area contributed by atoms with E-state index in [1.54, 1.807) is 25.2 Å². The van der Waals surface area contributed by atoms with Crippen LogP contribution in [0.3, 0.4) is 0 Å². The number of hydrogen-bond acceptors (Lipinski definition) is 4. The van der Waals surface area contributed by atoms with E-state index in [-0.39, 0.29) is 30.7 Å². The quantitative estimate of drug-likeness (QED) is 0.475. The first-order valence-electron chi connectivity index (χ1n) is 9.90. The van der Waals surface area contributed by atoms with Gasteiger partial charge in [0.25, 0.3) is 5.91 Å². The van der Waals surface area contributed by atoms with E-state index < -0.39 is 0 Å². The Kier molecular flexibility index (Phi) is 5.98. The molecule has 3 aromatic carbocycles. The maximum atomic E-state index is 13.1. The highest BCUT2D eigenvalue weighted by Gasteiger charge is 2.25. The van der Waals surface area contributed by atoms with Gasteiger partial charge in [-0.3, -0.25) is 9.59 Å². The van der Waals surface area contributed by atoms with Crippen molar-refractivity contribution in [1.29, 1.82) is 0 Å². The number of ether oxygens (including phenoxy) is 1. The van der Waals surface area contributed by atoms with Crippen LogP contribution in [-0.2, 0) is 11.4 Å². The second-order valence-electron chi connectivity index (χ2n) is 7.08. The number of benzene rings is 3. The number of anilines is 1. The third-order valence-electron chi connectivity index (χ3n) is 4.80. The molecule has 1 aromatic heterocycles. The summed E-state index contributed by atoms with van der Waals surface area (Å²) in [6.45, 7) is 0.0654. The number of fused-ring (bicyclic) bond motifs is 1. The van der Waals surface area contributed by atoms with Crippen molar-refractivity contribution in [3.63, 3.8) is 0 Å². The molecule has 1 N–H and O–H groups in total. The highest BCUT2D eigenvalue weighted by molar-refractivity contribution is 6.01. The zero-order valence-corrected chi connectivity index (χ0v) is 17.1. The van der Waals surface area contributed by atoms with Gasteiger partial charge in [-0.25, -0.2) is 0 Å². The first-order chi connectivity index (χ1) is 15.1. The van der Waals surface area contributed by atoms with Gasteiger partial charge in [-0.05, 0) is 30.3 Å². The van der Waals surface area contributed by atoms with Gasteiger partial charge in [0.15, 0.2) is 5.76 Å². The van der Waals surface area contributed by atoms with E-state index in [1.807, 2.05) is 66.7 Å². The maximum absolute atomic E-state index is 13.1. The van der Waals surface area contributed by atoms with Gasteiger partial charge in [-0.15, -0.1) is 0 Å². The standard InChI is InChI=1S/C25H22N2O4/c1-27(16-23(28)26-18-10-4-2-5-11-18)25(29)24-21(17-30-19-12-6-3-7-13-19)20-14-8-9-15-22(20)31-24/h2-15H,16-17H2,1H3,(H,26,28). The minimum absolute atomic E-state index is 0.107. The number of nitrogens with zero attached hydrogens (tertiary/aromatic N) is 1. The normalized spacial score (nSPS) is 10.6. The molecule has 0 aliphatic heterocycles. The predicted molar refractivity (Wildman–Crippen MR) is 119 cm³/mol. The highest BCUT2D eigenvalue weighted by Crippen LogP contribution is 2.28. The van der Waals surface area contributed by atoms with Crippen LogP contribution in [0.15, 0.2) is 89.3 Å². The average molecular weight is 414 g/mol. The summed E-state index contributed by atoms with van der Waals surface area (Å²) < 4.78 is 11.7. The third-order valence-corrected chi connectivity index (χ3v) is 4.80. The molecule has 4 rings (SSSR count). The Morgan fingerprint density at radius 1 is 0.903 bits per heavy atom. The van der Waals surface area contributed by atoms with Gasteiger partial charge in [0.05, 0.1) is 6.54 Å². The molecule has 1 heterocycles. The fraction of sp³-hybridized carbons (Fsp3) is 0.120. The summed E-state index contributed by atoms with van der Waals surface area (Å²) in [5, 5.41) is 3.59. The number of furan rings is 1. The van der Waals surface area contributed by atoms with Gasteiger partial charge in [0, 0.05) is 23.7 Å². The third kappa shape index (κ3) is 4.75. The van der Waals surface area contributed by atoms with Gasteiger partial charge >= 0.3 is 0 Å². The van der Waals surface area contributed by atoms with Crippen molar-refractivity contribution in [3.05, 3.63) is 96.3 Å². The Labute approximate surface area is 180 Å². The number of carbonyl (C=O) groups excluding carboxylic acids is 2. The maximum Gasteiger partial charge on any atom is 0.290 e. The molecule has 2 amide bonds. The summed E-state index contributed by atoms with van der Waals surface area (Å²) in [4.78, 5) is 26.8. The van der Waals surface area contributed by atoms with Gasteiger partial charge in [-0.1, -0.05) is 54.6 Å². The first-order valence-corrected chi connectivity index (χ1v) is 9.90. The summed E-state index contributed by atoms with van der Waals surface area (Å²) in [5.41, 5.74) is 1.92. The zero-order chi connectivity index (χ0) is 21.6. The molecular formula is C25H22N2O4. The van der Waals surface area contributed by atoms with E-state index in [4.69, 9.17) is 9.15 Å². The molecule has 31 heavy (non-hydrogen) atoms. The largest absolute Gasteiger partial charge is 0.489 e. The molecule has 0 saturated heterocycles. The molecule has 0 fully saturated rings. The number of hydrogen-bond donors (Lipinski definition) is 1. The topological polar surface area (TPSA) is 71.8 Å². The van der Waals surface area contributed by atoms with Gasteiger partial charge in [0.1, 0.15) is 17.9 Å². The Balaban J connectivity index is 1.53. The SMILES string of the molecule is CN(CC(=O)Nc1ccccc1)C(=O)c1oc2ccccc2c1COc1ccccc1. The summed E-state index contributed by atoms with van der Waals surface area (Å²) in [6, 6.07) is 25.9. The van der Waals surface area contributed by atoms with Crippen LogP contribution in [0.25, 0.3) is 11.0 Å². The number of likely N-dealkylation sites (N-methyl/N-ethyl adjacent to an activating group) is 1. The van der Waals surface area contributed by atoms with Crippen molar-refractivity contribution >= 4 is 28.5 Å². The fourth-order valence-electron chi connectivity index (χ4n) is 3.27. The van der Waals surface area contributed by atoms with Crippen LogP contribution in [0.5, 0.6) is 5.75 Å². The van der Waals surface area contributed by atoms with Crippen molar-refractivity contribution in [1.82, 2.24) is 4.90 Å². The molecule has 156 valence electrons. The fourth-order valence-corrected chi connectivity index (χ4v) is 3.27. The Bertz CT molecular complexity index is 1190. The summed E-state index contributed by atoms with van der Waals surface area (Å²) in [6.07, 6.45) is 0. The van der Waals surface area contributed by atoms with Crippen LogP contribution in [0, 0.1) is 0 Å².